The van der Waals surface area contributed by atoms with Gasteiger partial charge in [-0.05, 0) is 50.2 Å². The number of sulfonamides is 1. The summed E-state index contributed by atoms with van der Waals surface area (Å²) in [5.41, 5.74) is 0.830. The van der Waals surface area contributed by atoms with Crippen LogP contribution < -0.4 is 5.32 Å². The van der Waals surface area contributed by atoms with Crippen molar-refractivity contribution in [2.45, 2.75) is 31.0 Å². The first kappa shape index (κ1) is 22.4. The van der Waals surface area contributed by atoms with Crippen molar-refractivity contribution in [1.29, 1.82) is 0 Å². The third-order valence-electron chi connectivity index (χ3n) is 4.81. The lowest BCUT2D eigenvalue weighted by Gasteiger charge is -2.34. The summed E-state index contributed by atoms with van der Waals surface area (Å²) >= 11 is 13.4. The number of hydrogen-bond donors (Lipinski definition) is 1. The molecule has 7 nitrogen and oxygen atoms in total. The summed E-state index contributed by atoms with van der Waals surface area (Å²) in [6, 6.07) is 9.28. The van der Waals surface area contributed by atoms with Crippen molar-refractivity contribution in [2.24, 2.45) is 0 Å². The number of nitrogens with one attached hydrogen (secondary N) is 1. The van der Waals surface area contributed by atoms with Crippen molar-refractivity contribution in [3.05, 3.63) is 52.0 Å². The quantitative estimate of drug-likeness (QED) is 0.563. The third-order valence-corrected chi connectivity index (χ3v) is 8.39. The topological polar surface area (TPSA) is 88.6 Å². The number of amides is 1. The number of nitrogens with zero attached hydrogens (tertiary/aromatic N) is 2. The maximum absolute atomic E-state index is 12.9. The molecule has 1 fully saturated rings. The average molecular weight is 500 g/mol. The zero-order valence-corrected chi connectivity index (χ0v) is 19.8. The summed E-state index contributed by atoms with van der Waals surface area (Å²) in [5.74, 6) is -0.404. The van der Waals surface area contributed by atoms with E-state index in [-0.39, 0.29) is 17.1 Å². The minimum atomic E-state index is -3.67. The Bertz CT molecular complexity index is 1240. The van der Waals surface area contributed by atoms with Crippen molar-refractivity contribution < 1.29 is 17.9 Å². The molecule has 1 amide bonds. The van der Waals surface area contributed by atoms with Gasteiger partial charge in [-0.25, -0.2) is 13.4 Å². The van der Waals surface area contributed by atoms with Gasteiger partial charge in [-0.3, -0.25) is 10.1 Å². The molecule has 2 aromatic carbocycles. The number of fused-ring (bicyclic) bond motifs is 1. The van der Waals surface area contributed by atoms with Crippen molar-refractivity contribution in [3.8, 4) is 0 Å². The van der Waals surface area contributed by atoms with Crippen LogP contribution in [0.5, 0.6) is 0 Å². The molecule has 1 aliphatic heterocycles. The summed E-state index contributed by atoms with van der Waals surface area (Å²) in [6.07, 6.45) is -0.360. The number of hydrogen-bond acceptors (Lipinski definition) is 6. The highest BCUT2D eigenvalue weighted by Gasteiger charge is 2.32. The van der Waals surface area contributed by atoms with Crippen LogP contribution in [0.2, 0.25) is 10.0 Å². The van der Waals surface area contributed by atoms with E-state index in [0.717, 1.165) is 4.70 Å². The summed E-state index contributed by atoms with van der Waals surface area (Å²) in [5, 5.41) is 3.81. The molecular weight excluding hydrogens is 481 g/mol. The Kier molecular flexibility index (Phi) is 6.26. The fourth-order valence-corrected chi connectivity index (χ4v) is 6.29. The molecule has 164 valence electrons. The van der Waals surface area contributed by atoms with Crippen LogP contribution in [0, 0.1) is 0 Å². The zero-order valence-electron chi connectivity index (χ0n) is 16.6. The molecule has 1 saturated heterocycles. The molecule has 11 heteroatoms. The average Bonchev–Trinajstić information content (AvgIpc) is 3.13. The number of thiazole rings is 1. The second-order valence-corrected chi connectivity index (χ2v) is 11.0. The Morgan fingerprint density at radius 3 is 2.42 bits per heavy atom. The van der Waals surface area contributed by atoms with E-state index in [1.165, 1.54) is 39.9 Å². The molecule has 0 bridgehead atoms. The summed E-state index contributed by atoms with van der Waals surface area (Å²) < 4.78 is 33.7. The monoisotopic (exact) mass is 499 g/mol. The van der Waals surface area contributed by atoms with Gasteiger partial charge in [0.1, 0.15) is 5.52 Å². The molecule has 3 aromatic rings. The fourth-order valence-electron chi connectivity index (χ4n) is 3.41. The van der Waals surface area contributed by atoms with Gasteiger partial charge in [0.15, 0.2) is 5.13 Å². The van der Waals surface area contributed by atoms with Gasteiger partial charge in [0.05, 0.1) is 31.8 Å². The summed E-state index contributed by atoms with van der Waals surface area (Å²) in [4.78, 5) is 17.1. The Morgan fingerprint density at radius 2 is 1.77 bits per heavy atom. The van der Waals surface area contributed by atoms with E-state index >= 15 is 0 Å². The van der Waals surface area contributed by atoms with E-state index in [1.807, 2.05) is 13.8 Å². The van der Waals surface area contributed by atoms with Crippen molar-refractivity contribution in [1.82, 2.24) is 9.29 Å². The molecule has 1 aromatic heterocycles. The first-order valence-corrected chi connectivity index (χ1v) is 12.5. The predicted molar refractivity (Wildman–Crippen MR) is 123 cm³/mol. The second-order valence-electron chi connectivity index (χ2n) is 7.28. The Labute approximate surface area is 194 Å². The molecule has 0 spiro atoms. The molecule has 0 aliphatic carbocycles. The van der Waals surface area contributed by atoms with E-state index in [4.69, 9.17) is 27.9 Å². The minimum Gasteiger partial charge on any atom is -0.373 e. The molecule has 2 heterocycles. The van der Waals surface area contributed by atoms with E-state index in [2.05, 4.69) is 10.3 Å². The third kappa shape index (κ3) is 4.57. The van der Waals surface area contributed by atoms with Gasteiger partial charge in [0.25, 0.3) is 5.91 Å². The Hall–Kier alpha value is -1.75. The van der Waals surface area contributed by atoms with Crippen molar-refractivity contribution in [2.75, 3.05) is 18.4 Å². The zero-order chi connectivity index (χ0) is 22.3. The SMILES string of the molecule is C[C@H]1CN(S(=O)(=O)c2ccc(C(=O)Nc3nc4c(Cl)c(Cl)ccc4s3)cc2)C[C@H](C)O1. The number of carbonyl (C=O) groups is 1. The van der Waals surface area contributed by atoms with Crippen LogP contribution in [-0.2, 0) is 14.8 Å². The number of ether oxygens (including phenoxy) is 1. The maximum Gasteiger partial charge on any atom is 0.257 e. The van der Waals surface area contributed by atoms with Gasteiger partial charge >= 0.3 is 0 Å². The number of benzene rings is 2. The minimum absolute atomic E-state index is 0.131. The van der Waals surface area contributed by atoms with E-state index in [0.29, 0.717) is 39.3 Å². The smallest absolute Gasteiger partial charge is 0.257 e. The molecule has 0 radical (unpaired) electrons. The first-order valence-electron chi connectivity index (χ1n) is 9.46. The Morgan fingerprint density at radius 1 is 1.13 bits per heavy atom. The maximum atomic E-state index is 12.9. The summed E-state index contributed by atoms with van der Waals surface area (Å²) in [7, 11) is -3.67. The van der Waals surface area contributed by atoms with Gasteiger partial charge in [0.2, 0.25) is 10.0 Å². The van der Waals surface area contributed by atoms with Gasteiger partial charge in [-0.15, -0.1) is 0 Å². The lowest BCUT2D eigenvalue weighted by Crippen LogP contribution is -2.48. The van der Waals surface area contributed by atoms with E-state index < -0.39 is 15.9 Å². The van der Waals surface area contributed by atoms with Gasteiger partial charge in [-0.2, -0.15) is 4.31 Å². The van der Waals surface area contributed by atoms with Crippen LogP contribution in [0.4, 0.5) is 5.13 Å². The van der Waals surface area contributed by atoms with E-state index in [1.54, 1.807) is 12.1 Å². The first-order chi connectivity index (χ1) is 14.6. The lowest BCUT2D eigenvalue weighted by atomic mass is 10.2. The largest absolute Gasteiger partial charge is 0.373 e. The highest BCUT2D eigenvalue weighted by atomic mass is 35.5. The van der Waals surface area contributed by atoms with Gasteiger partial charge in [-0.1, -0.05) is 34.5 Å². The lowest BCUT2D eigenvalue weighted by molar-refractivity contribution is -0.0440. The van der Waals surface area contributed by atoms with Crippen LogP contribution >= 0.6 is 34.5 Å². The summed E-state index contributed by atoms with van der Waals surface area (Å²) in [6.45, 7) is 4.27. The van der Waals surface area contributed by atoms with Crippen LogP contribution in [0.1, 0.15) is 24.2 Å². The highest BCUT2D eigenvalue weighted by molar-refractivity contribution is 7.89. The molecule has 1 N–H and O–H groups in total. The van der Waals surface area contributed by atoms with Gasteiger partial charge in [0, 0.05) is 18.7 Å². The van der Waals surface area contributed by atoms with Crippen molar-refractivity contribution in [3.63, 3.8) is 0 Å². The number of aromatic nitrogens is 1. The normalized spacial score (nSPS) is 20.1. The number of rotatable bonds is 4. The molecule has 1 aliphatic rings. The van der Waals surface area contributed by atoms with Crippen LogP contribution in [0.15, 0.2) is 41.3 Å². The van der Waals surface area contributed by atoms with Crippen molar-refractivity contribution >= 4 is 65.8 Å². The Balaban J connectivity index is 1.51. The van der Waals surface area contributed by atoms with Crippen LogP contribution in [0.3, 0.4) is 0 Å². The van der Waals surface area contributed by atoms with Crippen LogP contribution in [0.25, 0.3) is 10.2 Å². The molecule has 4 rings (SSSR count). The highest BCUT2D eigenvalue weighted by Crippen LogP contribution is 2.35. The fraction of sp³-hybridized carbons (Fsp3) is 0.300. The molecule has 0 saturated carbocycles. The van der Waals surface area contributed by atoms with Crippen LogP contribution in [-0.4, -0.2) is 48.9 Å². The predicted octanol–water partition coefficient (Wildman–Crippen LogP) is 4.65. The molecule has 0 unspecified atom stereocenters. The number of carbonyl (C=O) groups excluding carboxylic acids is 1. The molecule has 31 heavy (non-hydrogen) atoms. The standard InChI is InChI=1S/C20H19Cl2N3O4S2/c1-11-9-25(10-12(2)29-11)31(27,28)14-5-3-13(4-6-14)19(26)24-20-23-18-16(30-20)8-7-15(21)17(18)22/h3-8,11-12H,9-10H2,1-2H3,(H,23,24,26)/t11-,12-/m0/s1. The van der Waals surface area contributed by atoms with E-state index in [9.17, 15) is 13.2 Å². The molecule has 2 atom stereocenters. The number of anilines is 1. The number of halogens is 2. The van der Waals surface area contributed by atoms with Gasteiger partial charge < -0.3 is 4.74 Å². The molecular formula is C20H19Cl2N3O4S2. The second kappa shape index (κ2) is 8.65. The number of morpholine rings is 1.